The lowest BCUT2D eigenvalue weighted by molar-refractivity contribution is -0.121. The standard InChI is InChI=1S/C26H33FN8O2/c1-26(37)16-33(15-22(28)36)12-9-19(26)13-29-24-23(27)25(31-17-30-24)34(20-7-8-20)14-18-3-5-21(6-4-18)35-11-2-10-32-35/h2-6,10-11,17,19-20,37H,7-9,12-16H2,1H3,(H2,28,36)(H,29,30,31)/t19-,26-/m0/s1. The summed E-state index contributed by atoms with van der Waals surface area (Å²) in [6, 6.07) is 10.2. The minimum absolute atomic E-state index is 0.114. The lowest BCUT2D eigenvalue weighted by Gasteiger charge is -2.42. The van der Waals surface area contributed by atoms with E-state index in [4.69, 9.17) is 5.73 Å². The summed E-state index contributed by atoms with van der Waals surface area (Å²) in [6.45, 7) is 3.70. The van der Waals surface area contributed by atoms with E-state index < -0.39 is 17.3 Å². The number of halogens is 1. The van der Waals surface area contributed by atoms with E-state index in [-0.39, 0.29) is 30.1 Å². The highest BCUT2D eigenvalue weighted by Gasteiger charge is 2.38. The number of piperidine rings is 1. The zero-order valence-corrected chi connectivity index (χ0v) is 20.9. The molecule has 196 valence electrons. The molecular weight excluding hydrogens is 475 g/mol. The summed E-state index contributed by atoms with van der Waals surface area (Å²) in [4.78, 5) is 23.5. The SMILES string of the molecule is C[C@]1(O)CN(CC(N)=O)CC[C@H]1CNc1ncnc(N(Cc2ccc(-n3cccn3)cc2)C2CC2)c1F. The smallest absolute Gasteiger partial charge is 0.231 e. The van der Waals surface area contributed by atoms with Gasteiger partial charge in [0.1, 0.15) is 6.33 Å². The molecule has 0 spiro atoms. The number of likely N-dealkylation sites (tertiary alicyclic amines) is 1. The highest BCUT2D eigenvalue weighted by molar-refractivity contribution is 5.75. The van der Waals surface area contributed by atoms with Gasteiger partial charge in [0.25, 0.3) is 0 Å². The maximum atomic E-state index is 15.7. The summed E-state index contributed by atoms with van der Waals surface area (Å²) in [5.41, 5.74) is 6.26. The van der Waals surface area contributed by atoms with Crippen molar-refractivity contribution < 1.29 is 14.3 Å². The molecule has 10 nitrogen and oxygen atoms in total. The Bertz CT molecular complexity index is 1210. The van der Waals surface area contributed by atoms with Crippen molar-refractivity contribution in [3.05, 3.63) is 60.4 Å². The van der Waals surface area contributed by atoms with Crippen molar-refractivity contribution in [1.29, 1.82) is 0 Å². The second kappa shape index (κ2) is 10.4. The van der Waals surface area contributed by atoms with Gasteiger partial charge in [-0.2, -0.15) is 9.49 Å². The summed E-state index contributed by atoms with van der Waals surface area (Å²) >= 11 is 0. The van der Waals surface area contributed by atoms with Crippen molar-refractivity contribution >= 4 is 17.5 Å². The fraction of sp³-hybridized carbons (Fsp3) is 0.462. The Morgan fingerprint density at radius 1 is 1.27 bits per heavy atom. The molecule has 5 rings (SSSR count). The van der Waals surface area contributed by atoms with Gasteiger partial charge in [0.05, 0.1) is 17.8 Å². The van der Waals surface area contributed by atoms with Crippen molar-refractivity contribution in [2.75, 3.05) is 36.4 Å². The summed E-state index contributed by atoms with van der Waals surface area (Å²) in [5.74, 6) is -0.646. The maximum absolute atomic E-state index is 15.7. The van der Waals surface area contributed by atoms with Crippen molar-refractivity contribution in [2.24, 2.45) is 11.7 Å². The van der Waals surface area contributed by atoms with Gasteiger partial charge in [0, 0.05) is 44.0 Å². The maximum Gasteiger partial charge on any atom is 0.231 e. The first-order valence-corrected chi connectivity index (χ1v) is 12.6. The molecule has 1 aliphatic carbocycles. The van der Waals surface area contributed by atoms with Crippen LogP contribution in [0.4, 0.5) is 16.0 Å². The van der Waals surface area contributed by atoms with E-state index in [1.807, 2.05) is 46.3 Å². The second-order valence-corrected chi connectivity index (χ2v) is 10.2. The number of β-amino-alcohol motifs (C(OH)–C–C–N with tert-alkyl or cyclic N) is 1. The van der Waals surface area contributed by atoms with Crippen molar-refractivity contribution in [3.8, 4) is 5.69 Å². The van der Waals surface area contributed by atoms with E-state index in [0.29, 0.717) is 32.6 Å². The average molecular weight is 509 g/mol. The number of primary amides is 1. The van der Waals surface area contributed by atoms with Gasteiger partial charge in [-0.15, -0.1) is 0 Å². The van der Waals surface area contributed by atoms with Crippen LogP contribution in [0.3, 0.4) is 0 Å². The fourth-order valence-electron chi connectivity index (χ4n) is 5.03. The van der Waals surface area contributed by atoms with Gasteiger partial charge in [0.15, 0.2) is 11.6 Å². The zero-order valence-electron chi connectivity index (χ0n) is 20.9. The van der Waals surface area contributed by atoms with Crippen LogP contribution in [0.2, 0.25) is 0 Å². The minimum atomic E-state index is -1.05. The third-order valence-electron chi connectivity index (χ3n) is 7.20. The topological polar surface area (TPSA) is 125 Å². The Hall–Kier alpha value is -3.57. The molecular formula is C26H33FN8O2. The van der Waals surface area contributed by atoms with Crippen LogP contribution in [0.25, 0.3) is 5.69 Å². The van der Waals surface area contributed by atoms with Gasteiger partial charge in [-0.25, -0.2) is 14.6 Å². The molecule has 2 aromatic heterocycles. The number of nitrogens with one attached hydrogen (secondary N) is 1. The number of rotatable bonds is 10. The molecule has 1 aliphatic heterocycles. The molecule has 2 atom stereocenters. The van der Waals surface area contributed by atoms with Crippen LogP contribution in [0.15, 0.2) is 49.1 Å². The number of anilines is 2. The van der Waals surface area contributed by atoms with Crippen molar-refractivity contribution in [1.82, 2.24) is 24.6 Å². The lowest BCUT2D eigenvalue weighted by Crippen LogP contribution is -2.55. The third-order valence-corrected chi connectivity index (χ3v) is 7.20. The minimum Gasteiger partial charge on any atom is -0.388 e. The number of nitrogens with zero attached hydrogens (tertiary/aromatic N) is 6. The van der Waals surface area contributed by atoms with Gasteiger partial charge >= 0.3 is 0 Å². The second-order valence-electron chi connectivity index (χ2n) is 10.2. The molecule has 3 heterocycles. The van der Waals surface area contributed by atoms with Gasteiger partial charge in [-0.3, -0.25) is 9.69 Å². The number of hydrogen-bond acceptors (Lipinski definition) is 8. The molecule has 1 aromatic carbocycles. The van der Waals surface area contributed by atoms with Crippen LogP contribution in [0.5, 0.6) is 0 Å². The van der Waals surface area contributed by atoms with E-state index >= 15 is 4.39 Å². The molecule has 1 saturated heterocycles. The third kappa shape index (κ3) is 5.89. The fourth-order valence-corrected chi connectivity index (χ4v) is 5.03. The van der Waals surface area contributed by atoms with Crippen LogP contribution >= 0.6 is 0 Å². The highest BCUT2D eigenvalue weighted by atomic mass is 19.1. The first-order chi connectivity index (χ1) is 17.8. The summed E-state index contributed by atoms with van der Waals surface area (Å²) in [5, 5.41) is 18.3. The number of aliphatic hydroxyl groups is 1. The number of carbonyl (C=O) groups excluding carboxylic acids is 1. The van der Waals surface area contributed by atoms with Crippen LogP contribution in [0.1, 0.15) is 31.7 Å². The predicted octanol–water partition coefficient (Wildman–Crippen LogP) is 1.94. The molecule has 1 amide bonds. The van der Waals surface area contributed by atoms with E-state index in [9.17, 15) is 9.90 Å². The molecule has 0 bridgehead atoms. The van der Waals surface area contributed by atoms with E-state index in [2.05, 4.69) is 20.4 Å². The largest absolute Gasteiger partial charge is 0.388 e. The van der Waals surface area contributed by atoms with E-state index in [0.717, 1.165) is 24.1 Å². The van der Waals surface area contributed by atoms with Gasteiger partial charge < -0.3 is 21.1 Å². The van der Waals surface area contributed by atoms with Crippen LogP contribution in [-0.4, -0.2) is 73.5 Å². The summed E-state index contributed by atoms with van der Waals surface area (Å²) in [6.07, 6.45) is 7.63. The number of amides is 1. The van der Waals surface area contributed by atoms with Crippen molar-refractivity contribution in [3.63, 3.8) is 0 Å². The summed E-state index contributed by atoms with van der Waals surface area (Å²) < 4.78 is 17.4. The Labute approximate surface area is 215 Å². The quantitative estimate of drug-likeness (QED) is 0.379. The Balaban J connectivity index is 1.26. The molecule has 1 saturated carbocycles. The Morgan fingerprint density at radius 3 is 2.70 bits per heavy atom. The molecule has 0 unspecified atom stereocenters. The Kier molecular flexibility index (Phi) is 7.07. The van der Waals surface area contributed by atoms with Crippen LogP contribution in [0, 0.1) is 11.7 Å². The van der Waals surface area contributed by atoms with Gasteiger partial charge in [-0.1, -0.05) is 12.1 Å². The molecule has 0 radical (unpaired) electrons. The summed E-state index contributed by atoms with van der Waals surface area (Å²) in [7, 11) is 0. The van der Waals surface area contributed by atoms with Crippen molar-refractivity contribution in [2.45, 2.75) is 44.4 Å². The monoisotopic (exact) mass is 508 g/mol. The number of hydrogen-bond donors (Lipinski definition) is 3. The highest BCUT2D eigenvalue weighted by Crippen LogP contribution is 2.35. The Morgan fingerprint density at radius 2 is 2.05 bits per heavy atom. The molecule has 3 aromatic rings. The van der Waals surface area contributed by atoms with Gasteiger partial charge in [0.2, 0.25) is 11.7 Å². The first kappa shape index (κ1) is 25.1. The van der Waals surface area contributed by atoms with Crippen LogP contribution < -0.4 is 16.0 Å². The zero-order chi connectivity index (χ0) is 26.0. The molecule has 2 aliphatic rings. The predicted molar refractivity (Wildman–Crippen MR) is 138 cm³/mol. The first-order valence-electron chi connectivity index (χ1n) is 12.6. The average Bonchev–Trinajstić information content (AvgIpc) is 3.55. The van der Waals surface area contributed by atoms with Crippen LogP contribution in [-0.2, 0) is 11.3 Å². The van der Waals surface area contributed by atoms with E-state index in [1.165, 1.54) is 6.33 Å². The van der Waals surface area contributed by atoms with E-state index in [1.54, 1.807) is 17.8 Å². The number of aromatic nitrogens is 4. The number of carbonyl (C=O) groups is 1. The molecule has 11 heteroatoms. The number of nitrogens with two attached hydrogens (primary N) is 1. The van der Waals surface area contributed by atoms with Gasteiger partial charge in [-0.05, 0) is 56.5 Å². The number of benzene rings is 1. The normalized spacial score (nSPS) is 22.1. The molecule has 4 N–H and O–H groups in total. The molecule has 37 heavy (non-hydrogen) atoms. The molecule has 2 fully saturated rings. The lowest BCUT2D eigenvalue weighted by atomic mass is 9.82.